The Morgan fingerprint density at radius 2 is 1.05 bits per heavy atom. The molecule has 5 aromatic rings. The van der Waals surface area contributed by atoms with Gasteiger partial charge in [0.25, 0.3) is 0 Å². The smallest absolute Gasteiger partial charge is 0.407 e. The molecule has 2 fully saturated rings. The summed E-state index contributed by atoms with van der Waals surface area (Å²) in [5, 5.41) is 5.38. The summed E-state index contributed by atoms with van der Waals surface area (Å²) in [5.41, 5.74) is 6.74. The number of nitrogens with zero attached hydrogens (tertiary/aromatic N) is 6. The van der Waals surface area contributed by atoms with Crippen LogP contribution in [0.2, 0.25) is 0 Å². The van der Waals surface area contributed by atoms with Crippen LogP contribution in [0.3, 0.4) is 0 Å². The molecule has 0 radical (unpaired) electrons. The molecule has 0 spiro atoms. The van der Waals surface area contributed by atoms with Crippen LogP contribution >= 0.6 is 0 Å². The van der Waals surface area contributed by atoms with Crippen LogP contribution < -0.4 is 10.6 Å². The minimum absolute atomic E-state index is 0.112. The summed E-state index contributed by atoms with van der Waals surface area (Å²) in [6.07, 6.45) is 9.08. The summed E-state index contributed by atoms with van der Waals surface area (Å²) in [7, 11) is 2.57. The minimum atomic E-state index is -0.706. The number of alkyl carbamates (subject to hydrolysis) is 2. The van der Waals surface area contributed by atoms with Gasteiger partial charge < -0.3 is 39.9 Å². The minimum Gasteiger partial charge on any atom is -0.453 e. The van der Waals surface area contributed by atoms with Gasteiger partial charge >= 0.3 is 12.2 Å². The molecular weight excluding hydrogens is 741 g/mol. The number of rotatable bonds is 11. The fourth-order valence-electron chi connectivity index (χ4n) is 7.84. The maximum absolute atomic E-state index is 13.6. The van der Waals surface area contributed by atoms with Crippen molar-refractivity contribution >= 4 is 35.0 Å². The van der Waals surface area contributed by atoms with E-state index in [0.29, 0.717) is 24.7 Å². The first kappa shape index (κ1) is 39.9. The summed E-state index contributed by atoms with van der Waals surface area (Å²) in [4.78, 5) is 80.3. The summed E-state index contributed by atoms with van der Waals surface area (Å²) < 4.78 is 9.51. The molecule has 1 aromatic carbocycles. The third-order valence-electron chi connectivity index (χ3n) is 11.0. The third kappa shape index (κ3) is 8.22. The van der Waals surface area contributed by atoms with Crippen LogP contribution in [0.1, 0.15) is 77.1 Å². The van der Waals surface area contributed by atoms with E-state index in [1.54, 1.807) is 28.4 Å². The summed E-state index contributed by atoms with van der Waals surface area (Å²) >= 11 is 0. The fourth-order valence-corrected chi connectivity index (χ4v) is 7.84. The van der Waals surface area contributed by atoms with Crippen molar-refractivity contribution in [3.63, 3.8) is 0 Å². The summed E-state index contributed by atoms with van der Waals surface area (Å²) in [6, 6.07) is 10.2. The number of imidazole rings is 2. The SMILES string of the molecule is COC(=O)NC(C(=O)N1CCCC1c1ncc(-c2ccc(-c3cnc4cc(-c5cnc(C6CCCN6C(=O)C(NC(=O)OC)C(C)C)[nH]5)cnc4c3)cc2)[nH]1)C(C)C. The van der Waals surface area contributed by atoms with E-state index in [9.17, 15) is 19.2 Å². The van der Waals surface area contributed by atoms with Crippen LogP contribution in [-0.2, 0) is 19.1 Å². The Labute approximate surface area is 336 Å². The van der Waals surface area contributed by atoms with Gasteiger partial charge in [-0.1, -0.05) is 52.0 Å². The van der Waals surface area contributed by atoms with E-state index < -0.39 is 24.3 Å². The van der Waals surface area contributed by atoms with Gasteiger partial charge in [-0.25, -0.2) is 19.6 Å². The molecule has 2 aliphatic heterocycles. The van der Waals surface area contributed by atoms with Gasteiger partial charge in [0.05, 0.1) is 61.1 Å². The highest BCUT2D eigenvalue weighted by Gasteiger charge is 2.39. The fraction of sp³-hybridized carbons (Fsp3) is 0.429. The quantitative estimate of drug-likeness (QED) is 0.120. The maximum Gasteiger partial charge on any atom is 0.407 e. The first-order valence-corrected chi connectivity index (χ1v) is 19.7. The Bertz CT molecular complexity index is 2290. The molecule has 4 amide bonds. The number of benzene rings is 1. The highest BCUT2D eigenvalue weighted by molar-refractivity contribution is 5.87. The lowest BCUT2D eigenvalue weighted by Crippen LogP contribution is -2.51. The van der Waals surface area contributed by atoms with E-state index >= 15 is 0 Å². The van der Waals surface area contributed by atoms with E-state index in [1.165, 1.54) is 14.2 Å². The monoisotopic (exact) mass is 790 g/mol. The van der Waals surface area contributed by atoms with Crippen LogP contribution in [0.15, 0.2) is 61.2 Å². The molecule has 2 saturated heterocycles. The van der Waals surface area contributed by atoms with Crippen molar-refractivity contribution in [1.82, 2.24) is 50.3 Å². The van der Waals surface area contributed by atoms with Gasteiger partial charge in [-0.05, 0) is 60.8 Å². The van der Waals surface area contributed by atoms with Gasteiger partial charge in [-0.3, -0.25) is 19.6 Å². The molecule has 304 valence electrons. The molecule has 2 aliphatic rings. The second-order valence-electron chi connectivity index (χ2n) is 15.5. The van der Waals surface area contributed by atoms with Crippen LogP contribution in [-0.4, -0.2) is 103 Å². The molecule has 4 atom stereocenters. The average molecular weight is 791 g/mol. The van der Waals surface area contributed by atoms with Crippen molar-refractivity contribution in [2.75, 3.05) is 27.3 Å². The highest BCUT2D eigenvalue weighted by Crippen LogP contribution is 2.35. The number of carbonyl (C=O) groups is 4. The van der Waals surface area contributed by atoms with Gasteiger partial charge in [0.15, 0.2) is 0 Å². The molecule has 0 saturated carbocycles. The Balaban J connectivity index is 1.02. The van der Waals surface area contributed by atoms with Gasteiger partial charge in [0.1, 0.15) is 23.7 Å². The molecular formula is C42H50N10O6. The van der Waals surface area contributed by atoms with Crippen molar-refractivity contribution < 1.29 is 28.7 Å². The summed E-state index contributed by atoms with van der Waals surface area (Å²) in [5.74, 6) is 0.849. The van der Waals surface area contributed by atoms with Crippen LogP contribution in [0.25, 0.3) is 44.7 Å². The maximum atomic E-state index is 13.6. The van der Waals surface area contributed by atoms with Crippen molar-refractivity contribution in [1.29, 1.82) is 0 Å². The number of methoxy groups -OCH3 is 2. The zero-order chi connectivity index (χ0) is 41.1. The molecule has 0 bridgehead atoms. The van der Waals surface area contributed by atoms with Crippen molar-refractivity contribution in [3.8, 4) is 33.6 Å². The number of fused-ring (bicyclic) bond motifs is 1. The van der Waals surface area contributed by atoms with Crippen molar-refractivity contribution in [2.24, 2.45) is 11.8 Å². The third-order valence-corrected chi connectivity index (χ3v) is 11.0. The van der Waals surface area contributed by atoms with Crippen LogP contribution in [0.4, 0.5) is 9.59 Å². The van der Waals surface area contributed by atoms with E-state index in [1.807, 2.05) is 70.3 Å². The van der Waals surface area contributed by atoms with Crippen LogP contribution in [0.5, 0.6) is 0 Å². The Morgan fingerprint density at radius 3 is 1.52 bits per heavy atom. The van der Waals surface area contributed by atoms with Crippen molar-refractivity contribution in [3.05, 3.63) is 72.8 Å². The number of H-pyrrole nitrogens is 2. The van der Waals surface area contributed by atoms with E-state index in [4.69, 9.17) is 19.4 Å². The molecule has 6 heterocycles. The number of hydrogen-bond donors (Lipinski definition) is 4. The van der Waals surface area contributed by atoms with Gasteiger partial charge in [0.2, 0.25) is 11.8 Å². The molecule has 16 heteroatoms. The predicted molar refractivity (Wildman–Crippen MR) is 216 cm³/mol. The predicted octanol–water partition coefficient (Wildman–Crippen LogP) is 6.17. The highest BCUT2D eigenvalue weighted by atomic mass is 16.5. The zero-order valence-corrected chi connectivity index (χ0v) is 33.6. The van der Waals surface area contributed by atoms with Gasteiger partial charge in [-0.15, -0.1) is 0 Å². The lowest BCUT2D eigenvalue weighted by atomic mass is 10.0. The number of aromatic nitrogens is 6. The van der Waals surface area contributed by atoms with Gasteiger partial charge in [-0.2, -0.15) is 0 Å². The summed E-state index contributed by atoms with van der Waals surface area (Å²) in [6.45, 7) is 8.73. The average Bonchev–Trinajstić information content (AvgIpc) is 4.07. The number of carbonyl (C=O) groups excluding carboxylic acids is 4. The van der Waals surface area contributed by atoms with Crippen LogP contribution in [0, 0.1) is 11.8 Å². The lowest BCUT2D eigenvalue weighted by Gasteiger charge is -2.30. The van der Waals surface area contributed by atoms with E-state index in [-0.39, 0.29) is 35.7 Å². The molecule has 7 rings (SSSR count). The standard InChI is InChI=1S/C42H50N10O6/c1-23(2)35(49-41(55)57-5)39(53)51-15-7-9-33(51)37-45-21-31(47-37)26-13-11-25(12-14-26)27-17-29-30(43-19-27)18-28(20-44-29)32-22-46-38(48-32)34-10-8-16-52(34)40(54)36(24(3)4)50-42(56)58-6/h11-14,17-24,33-36H,7-10,15-16H2,1-6H3,(H,45,47)(H,46,48)(H,49,55)(H,50,56). The molecule has 16 nitrogen and oxygen atoms in total. The second kappa shape index (κ2) is 17.0. The number of aromatic amines is 2. The number of nitrogens with one attached hydrogen (secondary N) is 4. The molecule has 4 unspecified atom stereocenters. The van der Waals surface area contributed by atoms with Crippen molar-refractivity contribution in [2.45, 2.75) is 77.5 Å². The lowest BCUT2D eigenvalue weighted by molar-refractivity contribution is -0.136. The van der Waals surface area contributed by atoms with E-state index in [2.05, 4.69) is 30.6 Å². The largest absolute Gasteiger partial charge is 0.453 e. The Morgan fingerprint density at radius 1 is 0.621 bits per heavy atom. The first-order chi connectivity index (χ1) is 27.9. The van der Waals surface area contributed by atoms with Gasteiger partial charge in [0, 0.05) is 36.6 Å². The normalized spacial score (nSPS) is 17.8. The first-order valence-electron chi connectivity index (χ1n) is 19.7. The number of likely N-dealkylation sites (tertiary alicyclic amines) is 2. The Kier molecular flexibility index (Phi) is 11.7. The number of pyridine rings is 2. The zero-order valence-electron chi connectivity index (χ0n) is 33.6. The Hall–Kier alpha value is -6.32. The number of amides is 4. The topological polar surface area (TPSA) is 200 Å². The molecule has 58 heavy (non-hydrogen) atoms. The number of ether oxygens (including phenoxy) is 2. The second-order valence-corrected chi connectivity index (χ2v) is 15.5. The number of hydrogen-bond acceptors (Lipinski definition) is 10. The van der Waals surface area contributed by atoms with E-state index in [0.717, 1.165) is 70.4 Å². The molecule has 0 aliphatic carbocycles. The molecule has 4 N–H and O–H groups in total. The molecule has 4 aromatic heterocycles.